The van der Waals surface area contributed by atoms with E-state index in [0.29, 0.717) is 23.8 Å². The third-order valence-corrected chi connectivity index (χ3v) is 6.99. The Bertz CT molecular complexity index is 969. The monoisotopic (exact) mass is 435 g/mol. The Balaban J connectivity index is 1.68. The highest BCUT2D eigenvalue weighted by Gasteiger charge is 2.34. The molecule has 7 heteroatoms. The smallest absolute Gasteiger partial charge is 0.393 e. The molecule has 160 valence electrons. The molecular weight excluding hydrogens is 411 g/mol. The number of alkyl halides is 3. The summed E-state index contributed by atoms with van der Waals surface area (Å²) in [4.78, 5) is 15.7. The third-order valence-electron chi connectivity index (χ3n) is 5.64. The first kappa shape index (κ1) is 21.2. The summed E-state index contributed by atoms with van der Waals surface area (Å²) >= 11 is 1.84. The van der Waals surface area contributed by atoms with E-state index in [1.807, 2.05) is 42.1 Å². The molecule has 2 fully saturated rings. The van der Waals surface area contributed by atoms with Crippen molar-refractivity contribution in [1.29, 1.82) is 0 Å². The Morgan fingerprint density at radius 3 is 2.23 bits per heavy atom. The summed E-state index contributed by atoms with van der Waals surface area (Å²) in [5, 5.41) is 10.5. The molecule has 1 heterocycles. The van der Waals surface area contributed by atoms with Crippen molar-refractivity contribution in [1.82, 2.24) is 4.98 Å². The largest absolute Gasteiger partial charge is 0.421 e. The number of rotatable bonds is 5. The lowest BCUT2D eigenvalue weighted by Crippen LogP contribution is -2.22. The second kappa shape index (κ2) is 8.63. The molecule has 30 heavy (non-hydrogen) atoms. The number of benzene rings is 1. The summed E-state index contributed by atoms with van der Waals surface area (Å²) in [5.41, 5.74) is -0.364. The fourth-order valence-corrected chi connectivity index (χ4v) is 4.84. The number of allylic oxidation sites excluding steroid dienone is 1. The Kier molecular flexibility index (Phi) is 6.11. The van der Waals surface area contributed by atoms with E-state index >= 15 is 0 Å². The van der Waals surface area contributed by atoms with E-state index in [1.165, 1.54) is 23.8 Å². The lowest BCUT2D eigenvalue weighted by molar-refractivity contribution is -0.138. The van der Waals surface area contributed by atoms with Gasteiger partial charge in [-0.3, -0.25) is 4.79 Å². The first-order chi connectivity index (χ1) is 14.3. The molecule has 1 aromatic carbocycles. The predicted molar refractivity (Wildman–Crippen MR) is 112 cm³/mol. The summed E-state index contributed by atoms with van der Waals surface area (Å²) < 4.78 is 39.0. The molecule has 2 aromatic rings. The summed E-state index contributed by atoms with van der Waals surface area (Å²) in [6.45, 7) is 0. The van der Waals surface area contributed by atoms with Crippen LogP contribution >= 0.6 is 11.8 Å². The maximum Gasteiger partial charge on any atom is 0.421 e. The molecular formula is C23H24F3NO2S. The van der Waals surface area contributed by atoms with E-state index in [1.54, 1.807) is 0 Å². The molecule has 3 nitrogen and oxygen atoms in total. The number of thioether (sulfide) groups is 1. The lowest BCUT2D eigenvalue weighted by Gasteiger charge is -2.24. The number of H-pyrrole nitrogens is 1. The molecule has 2 aliphatic carbocycles. The molecule has 2 N–H and O–H groups in total. The first-order valence-corrected chi connectivity index (χ1v) is 11.2. The third kappa shape index (κ3) is 5.19. The fourth-order valence-electron chi connectivity index (χ4n) is 3.79. The minimum absolute atomic E-state index is 0.203. The minimum atomic E-state index is -4.68. The SMILES string of the molecule is O=c1[nH]c(/C(=C/C2CCC(O)CC2)c2ccc(SC3CC3)cc2)ccc1C(F)(F)F. The quantitative estimate of drug-likeness (QED) is 0.640. The van der Waals surface area contributed by atoms with Crippen molar-refractivity contribution in [3.05, 3.63) is 69.6 Å². The zero-order valence-corrected chi connectivity index (χ0v) is 17.2. The van der Waals surface area contributed by atoms with Gasteiger partial charge in [0, 0.05) is 21.4 Å². The first-order valence-electron chi connectivity index (χ1n) is 10.3. The van der Waals surface area contributed by atoms with E-state index < -0.39 is 17.3 Å². The second-order valence-corrected chi connectivity index (χ2v) is 9.48. The van der Waals surface area contributed by atoms with Crippen molar-refractivity contribution in [2.75, 3.05) is 0 Å². The molecule has 0 unspecified atom stereocenters. The van der Waals surface area contributed by atoms with Gasteiger partial charge in [0.25, 0.3) is 5.56 Å². The number of nitrogens with one attached hydrogen (secondary N) is 1. The van der Waals surface area contributed by atoms with Crippen LogP contribution < -0.4 is 5.56 Å². The van der Waals surface area contributed by atoms with Crippen molar-refractivity contribution in [2.45, 2.75) is 61.0 Å². The van der Waals surface area contributed by atoms with Crippen LogP contribution in [0.15, 0.2) is 52.2 Å². The Morgan fingerprint density at radius 2 is 1.67 bits per heavy atom. The van der Waals surface area contributed by atoms with Gasteiger partial charge in [-0.25, -0.2) is 0 Å². The summed E-state index contributed by atoms with van der Waals surface area (Å²) in [5.74, 6) is 0.203. The zero-order valence-electron chi connectivity index (χ0n) is 16.4. The van der Waals surface area contributed by atoms with Crippen LogP contribution in [0.3, 0.4) is 0 Å². The van der Waals surface area contributed by atoms with Crippen molar-refractivity contribution in [3.8, 4) is 0 Å². The van der Waals surface area contributed by atoms with Gasteiger partial charge < -0.3 is 10.1 Å². The Hall–Kier alpha value is -1.99. The van der Waals surface area contributed by atoms with Crippen molar-refractivity contribution < 1.29 is 18.3 Å². The van der Waals surface area contributed by atoms with E-state index in [0.717, 1.165) is 30.0 Å². The molecule has 2 aliphatic rings. The van der Waals surface area contributed by atoms with Crippen molar-refractivity contribution in [2.24, 2.45) is 5.92 Å². The van der Waals surface area contributed by atoms with Gasteiger partial charge in [0.1, 0.15) is 5.56 Å². The molecule has 1 aromatic heterocycles. The van der Waals surface area contributed by atoms with Crippen LogP contribution in [-0.2, 0) is 6.18 Å². The van der Waals surface area contributed by atoms with Crippen LogP contribution in [0.2, 0.25) is 0 Å². The molecule has 0 spiro atoms. The number of aliphatic hydroxyl groups excluding tert-OH is 1. The molecule has 2 saturated carbocycles. The molecule has 4 rings (SSSR count). The molecule has 0 saturated heterocycles. The van der Waals surface area contributed by atoms with E-state index in [4.69, 9.17) is 0 Å². The van der Waals surface area contributed by atoms with E-state index in [-0.39, 0.29) is 12.0 Å². The normalized spacial score (nSPS) is 22.9. The summed E-state index contributed by atoms with van der Waals surface area (Å²) in [6.07, 6.45) is 2.56. The fraction of sp³-hybridized carbons (Fsp3) is 0.435. The summed E-state index contributed by atoms with van der Waals surface area (Å²) in [7, 11) is 0. The summed E-state index contributed by atoms with van der Waals surface area (Å²) in [6, 6.07) is 10.2. The molecule has 0 bridgehead atoms. The van der Waals surface area contributed by atoms with Crippen LogP contribution in [0, 0.1) is 5.92 Å². The maximum absolute atomic E-state index is 13.0. The molecule has 0 aliphatic heterocycles. The number of aromatic nitrogens is 1. The van der Waals surface area contributed by atoms with Gasteiger partial charge in [0.2, 0.25) is 0 Å². The van der Waals surface area contributed by atoms with Crippen LogP contribution in [0.25, 0.3) is 5.57 Å². The van der Waals surface area contributed by atoms with Gasteiger partial charge in [-0.1, -0.05) is 18.2 Å². The van der Waals surface area contributed by atoms with Gasteiger partial charge in [-0.2, -0.15) is 13.2 Å². The molecule has 0 amide bonds. The topological polar surface area (TPSA) is 53.1 Å². The number of aromatic amines is 1. The van der Waals surface area contributed by atoms with E-state index in [9.17, 15) is 23.1 Å². The highest BCUT2D eigenvalue weighted by Crippen LogP contribution is 2.40. The van der Waals surface area contributed by atoms with Gasteiger partial charge in [0.05, 0.1) is 6.10 Å². The number of pyridine rings is 1. The molecule has 0 radical (unpaired) electrons. The second-order valence-electron chi connectivity index (χ2n) is 8.10. The van der Waals surface area contributed by atoms with Crippen LogP contribution in [0.1, 0.15) is 55.3 Å². The lowest BCUT2D eigenvalue weighted by atomic mass is 9.85. The number of halogens is 3. The van der Waals surface area contributed by atoms with Crippen LogP contribution in [0.5, 0.6) is 0 Å². The Morgan fingerprint density at radius 1 is 1.00 bits per heavy atom. The van der Waals surface area contributed by atoms with Crippen molar-refractivity contribution >= 4 is 17.3 Å². The number of hydrogen-bond donors (Lipinski definition) is 2. The predicted octanol–water partition coefficient (Wildman–Crippen LogP) is 5.63. The average molecular weight is 436 g/mol. The van der Waals surface area contributed by atoms with Gasteiger partial charge >= 0.3 is 6.18 Å². The highest BCUT2D eigenvalue weighted by atomic mass is 32.2. The van der Waals surface area contributed by atoms with Crippen LogP contribution in [0.4, 0.5) is 13.2 Å². The number of aliphatic hydroxyl groups is 1. The van der Waals surface area contributed by atoms with Gasteiger partial charge in [-0.15, -0.1) is 11.8 Å². The number of hydrogen-bond acceptors (Lipinski definition) is 3. The standard InChI is InChI=1S/C23H24F3NO2S/c24-23(25,26)20-11-12-21(27-22(20)29)19(13-14-1-5-16(28)6-2-14)15-3-7-17(8-4-15)30-18-9-10-18/h3-4,7-8,11-14,16,18,28H,1-2,5-6,9-10H2,(H,27,29)/b19-13+. The zero-order chi connectivity index (χ0) is 21.3. The Labute approximate surface area is 177 Å². The van der Waals surface area contributed by atoms with Crippen molar-refractivity contribution in [3.63, 3.8) is 0 Å². The molecule has 0 atom stereocenters. The minimum Gasteiger partial charge on any atom is -0.393 e. The maximum atomic E-state index is 13.0. The van der Waals surface area contributed by atoms with Crippen LogP contribution in [-0.4, -0.2) is 21.4 Å². The van der Waals surface area contributed by atoms with Gasteiger partial charge in [0.15, 0.2) is 0 Å². The highest BCUT2D eigenvalue weighted by molar-refractivity contribution is 8.00. The van der Waals surface area contributed by atoms with Gasteiger partial charge in [-0.05, 0) is 74.3 Å². The average Bonchev–Trinajstić information content (AvgIpc) is 3.51. The van der Waals surface area contributed by atoms with E-state index in [2.05, 4.69) is 4.98 Å².